The van der Waals surface area contributed by atoms with E-state index in [-0.39, 0.29) is 5.95 Å². The second-order valence-corrected chi connectivity index (χ2v) is 13.2. The van der Waals surface area contributed by atoms with E-state index >= 15 is 0 Å². The molecular formula is C26H31N11O4S2. The summed E-state index contributed by atoms with van der Waals surface area (Å²) in [6.45, 7) is 5.66. The molecule has 2 aliphatic heterocycles. The van der Waals surface area contributed by atoms with Crippen LogP contribution >= 0.6 is 11.3 Å². The fourth-order valence-electron chi connectivity index (χ4n) is 4.77. The maximum absolute atomic E-state index is 12.2. The van der Waals surface area contributed by atoms with Crippen molar-refractivity contribution in [2.24, 2.45) is 0 Å². The van der Waals surface area contributed by atoms with E-state index in [0.717, 1.165) is 21.9 Å². The number of ether oxygens (including phenoxy) is 1. The second-order valence-electron chi connectivity index (χ2n) is 10.1. The first kappa shape index (κ1) is 29.1. The quantitative estimate of drug-likeness (QED) is 0.261. The summed E-state index contributed by atoms with van der Waals surface area (Å²) < 4.78 is 30.8. The minimum absolute atomic E-state index is 0.175. The van der Waals surface area contributed by atoms with Crippen molar-refractivity contribution in [2.45, 2.75) is 6.54 Å². The summed E-state index contributed by atoms with van der Waals surface area (Å²) in [6, 6.07) is 10.9. The summed E-state index contributed by atoms with van der Waals surface area (Å²) in [5.74, 6) is 1.87. The Balaban J connectivity index is 1.20. The normalized spacial score (nSPS) is 16.7. The summed E-state index contributed by atoms with van der Waals surface area (Å²) in [5, 5.41) is 11.6. The molecule has 0 atom stereocenters. The lowest BCUT2D eigenvalue weighted by atomic mass is 10.2. The number of H-pyrrole nitrogens is 1. The topological polar surface area (TPSA) is 174 Å². The standard InChI is InChI=1S/C26H31N11O4S2/c1-43(39,40)37-10-8-35(9-11-37)16-20-6-7-21(42-20)23-30-22(31-25(32-23)36-12-14-41-15-13-36)18-2-4-19(5-3-18)29-26(38)33-24-27-17-28-34-24/h2-7,17H,8-16H2,1H3,(H3,27,28,29,33,34,38). The Kier molecular flexibility index (Phi) is 8.57. The molecule has 5 heterocycles. The lowest BCUT2D eigenvalue weighted by molar-refractivity contribution is 0.122. The molecule has 0 bridgehead atoms. The summed E-state index contributed by atoms with van der Waals surface area (Å²) >= 11 is 1.62. The van der Waals surface area contributed by atoms with Gasteiger partial charge in [0.1, 0.15) is 6.33 Å². The van der Waals surface area contributed by atoms with Crippen molar-refractivity contribution >= 4 is 45.0 Å². The van der Waals surface area contributed by atoms with Crippen LogP contribution in [0.15, 0.2) is 42.7 Å². The number of aromatic amines is 1. The van der Waals surface area contributed by atoms with E-state index in [1.54, 1.807) is 23.5 Å². The first-order chi connectivity index (χ1) is 20.8. The van der Waals surface area contributed by atoms with Crippen molar-refractivity contribution in [1.29, 1.82) is 0 Å². The number of amides is 2. The van der Waals surface area contributed by atoms with Gasteiger partial charge >= 0.3 is 6.03 Å². The van der Waals surface area contributed by atoms with Crippen LogP contribution in [0.4, 0.5) is 22.4 Å². The van der Waals surface area contributed by atoms with Crippen molar-refractivity contribution in [2.75, 3.05) is 74.3 Å². The monoisotopic (exact) mass is 625 g/mol. The molecule has 4 aromatic rings. The van der Waals surface area contributed by atoms with Crippen molar-refractivity contribution in [3.8, 4) is 22.1 Å². The minimum Gasteiger partial charge on any atom is -0.378 e. The SMILES string of the molecule is CS(=O)(=O)N1CCN(Cc2ccc(-c3nc(-c4ccc(NC(=O)Nc5nc[nH]n5)cc4)nc(N4CCOCC4)n3)s2)CC1. The molecule has 0 radical (unpaired) electrons. The number of urea groups is 1. The number of nitrogens with zero attached hydrogens (tertiary/aromatic N) is 8. The number of sulfonamides is 1. The van der Waals surface area contributed by atoms with E-state index in [9.17, 15) is 13.2 Å². The van der Waals surface area contributed by atoms with Crippen LogP contribution in [0.3, 0.4) is 0 Å². The van der Waals surface area contributed by atoms with Crippen LogP contribution in [0.5, 0.6) is 0 Å². The average molecular weight is 626 g/mol. The van der Waals surface area contributed by atoms with Gasteiger partial charge in [0.15, 0.2) is 11.6 Å². The van der Waals surface area contributed by atoms with Crippen LogP contribution < -0.4 is 15.5 Å². The van der Waals surface area contributed by atoms with E-state index in [0.29, 0.717) is 75.8 Å². The lowest BCUT2D eigenvalue weighted by Gasteiger charge is -2.32. The van der Waals surface area contributed by atoms with E-state index < -0.39 is 16.1 Å². The third-order valence-corrected chi connectivity index (χ3v) is 9.39. The number of piperazine rings is 1. The molecule has 1 aromatic carbocycles. The number of anilines is 3. The highest BCUT2D eigenvalue weighted by atomic mass is 32.2. The van der Waals surface area contributed by atoms with E-state index in [2.05, 4.69) is 41.7 Å². The third-order valence-electron chi connectivity index (χ3n) is 7.02. The molecule has 0 unspecified atom stereocenters. The minimum atomic E-state index is -3.16. The molecule has 2 saturated heterocycles. The Bertz CT molecular complexity index is 1650. The number of rotatable bonds is 8. The zero-order valence-corrected chi connectivity index (χ0v) is 25.1. The van der Waals surface area contributed by atoms with E-state index in [1.165, 1.54) is 16.9 Å². The molecule has 15 nitrogen and oxygen atoms in total. The Morgan fingerprint density at radius 1 is 0.953 bits per heavy atom. The summed E-state index contributed by atoms with van der Waals surface area (Å²) in [7, 11) is -3.16. The maximum atomic E-state index is 12.2. The van der Waals surface area contributed by atoms with Crippen molar-refractivity contribution < 1.29 is 17.9 Å². The number of benzene rings is 1. The number of carbonyl (C=O) groups excluding carboxylic acids is 1. The number of nitrogens with one attached hydrogen (secondary N) is 3. The van der Waals surface area contributed by atoms with Crippen molar-refractivity contribution in [3.05, 3.63) is 47.6 Å². The molecule has 226 valence electrons. The molecule has 3 aromatic heterocycles. The van der Waals surface area contributed by atoms with E-state index in [1.807, 2.05) is 18.2 Å². The molecule has 43 heavy (non-hydrogen) atoms. The fraction of sp³-hybridized carbons (Fsp3) is 0.385. The number of morpholine rings is 1. The van der Waals surface area contributed by atoms with Gasteiger partial charge in [0, 0.05) is 61.9 Å². The van der Waals surface area contributed by atoms with Gasteiger partial charge in [-0.15, -0.1) is 16.4 Å². The summed E-state index contributed by atoms with van der Waals surface area (Å²) in [4.78, 5) is 37.0. The third kappa shape index (κ3) is 7.31. The number of hydrogen-bond donors (Lipinski definition) is 3. The summed E-state index contributed by atoms with van der Waals surface area (Å²) in [5.41, 5.74) is 1.36. The lowest BCUT2D eigenvalue weighted by Crippen LogP contribution is -2.47. The molecule has 2 fully saturated rings. The molecule has 0 aliphatic carbocycles. The van der Waals surface area contributed by atoms with Gasteiger partial charge in [-0.3, -0.25) is 15.3 Å². The average Bonchev–Trinajstić information content (AvgIpc) is 3.70. The van der Waals surface area contributed by atoms with Gasteiger partial charge in [-0.1, -0.05) is 0 Å². The number of thiophene rings is 1. The molecule has 3 N–H and O–H groups in total. The largest absolute Gasteiger partial charge is 0.378 e. The van der Waals surface area contributed by atoms with Gasteiger partial charge in [0.05, 0.1) is 24.3 Å². The summed E-state index contributed by atoms with van der Waals surface area (Å²) in [6.07, 6.45) is 2.63. The van der Waals surface area contributed by atoms with Gasteiger partial charge in [-0.25, -0.2) is 23.2 Å². The van der Waals surface area contributed by atoms with Crippen LogP contribution in [0.1, 0.15) is 4.88 Å². The van der Waals surface area contributed by atoms with Crippen LogP contribution in [-0.4, -0.2) is 113 Å². The van der Waals surface area contributed by atoms with E-state index in [4.69, 9.17) is 19.7 Å². The molecule has 17 heteroatoms. The van der Waals surface area contributed by atoms with Crippen LogP contribution in [0.25, 0.3) is 22.1 Å². The second kappa shape index (κ2) is 12.7. The first-order valence-corrected chi connectivity index (χ1v) is 16.4. The van der Waals surface area contributed by atoms with Crippen LogP contribution in [0.2, 0.25) is 0 Å². The Morgan fingerprint density at radius 2 is 1.70 bits per heavy atom. The molecule has 2 amide bonds. The number of hydrogen-bond acceptors (Lipinski definition) is 12. The zero-order chi connectivity index (χ0) is 29.8. The molecular weight excluding hydrogens is 594 g/mol. The molecule has 0 spiro atoms. The van der Waals surface area contributed by atoms with Crippen LogP contribution in [-0.2, 0) is 21.3 Å². The molecule has 6 rings (SSSR count). The van der Waals surface area contributed by atoms with Gasteiger partial charge in [0.25, 0.3) is 0 Å². The zero-order valence-electron chi connectivity index (χ0n) is 23.4. The van der Waals surface area contributed by atoms with Crippen LogP contribution in [0, 0.1) is 0 Å². The maximum Gasteiger partial charge on any atom is 0.326 e. The predicted molar refractivity (Wildman–Crippen MR) is 162 cm³/mol. The smallest absolute Gasteiger partial charge is 0.326 e. The van der Waals surface area contributed by atoms with Gasteiger partial charge < -0.3 is 15.0 Å². The highest BCUT2D eigenvalue weighted by molar-refractivity contribution is 7.88. The Hall–Kier alpha value is -4.03. The highest BCUT2D eigenvalue weighted by Crippen LogP contribution is 2.30. The number of carbonyl (C=O) groups is 1. The van der Waals surface area contributed by atoms with Gasteiger partial charge in [-0.05, 0) is 36.4 Å². The Morgan fingerprint density at radius 3 is 2.40 bits per heavy atom. The van der Waals surface area contributed by atoms with Gasteiger partial charge in [-0.2, -0.15) is 14.3 Å². The van der Waals surface area contributed by atoms with Crippen molar-refractivity contribution in [1.82, 2.24) is 39.3 Å². The predicted octanol–water partition coefficient (Wildman–Crippen LogP) is 1.94. The number of aromatic nitrogens is 6. The highest BCUT2D eigenvalue weighted by Gasteiger charge is 2.24. The fourth-order valence-corrected chi connectivity index (χ4v) is 6.58. The van der Waals surface area contributed by atoms with Crippen molar-refractivity contribution in [3.63, 3.8) is 0 Å². The molecule has 2 aliphatic rings. The van der Waals surface area contributed by atoms with Gasteiger partial charge in [0.2, 0.25) is 21.9 Å². The molecule has 0 saturated carbocycles. The first-order valence-electron chi connectivity index (χ1n) is 13.7. The Labute approximate surface area is 252 Å².